The molecule has 6 heteroatoms. The van der Waals surface area contributed by atoms with Crippen LogP contribution in [0.15, 0.2) is 35.7 Å². The first-order valence-corrected chi connectivity index (χ1v) is 8.70. The number of nitrogens with one attached hydrogen (secondary N) is 1. The molecule has 1 aromatic heterocycles. The largest absolute Gasteiger partial charge is 0.325 e. The number of hydrogen-bond acceptors (Lipinski definition) is 4. The lowest BCUT2D eigenvalue weighted by Gasteiger charge is -2.19. The molecule has 2 aliphatic rings. The first-order chi connectivity index (χ1) is 11.2. The minimum Gasteiger partial charge on any atom is -0.323 e. The van der Waals surface area contributed by atoms with Gasteiger partial charge in [0.05, 0.1) is 12.2 Å². The summed E-state index contributed by atoms with van der Waals surface area (Å²) in [6, 6.07) is 9.63. The summed E-state index contributed by atoms with van der Waals surface area (Å²) in [6.45, 7) is 0.246. The van der Waals surface area contributed by atoms with Gasteiger partial charge in [0.1, 0.15) is 10.5 Å². The van der Waals surface area contributed by atoms with Crippen LogP contribution in [0.5, 0.6) is 0 Å². The Hall–Kier alpha value is -2.21. The summed E-state index contributed by atoms with van der Waals surface area (Å²) in [6.07, 6.45) is 3.49. The van der Waals surface area contributed by atoms with E-state index < -0.39 is 5.54 Å². The summed E-state index contributed by atoms with van der Waals surface area (Å²) in [4.78, 5) is 30.7. The van der Waals surface area contributed by atoms with Crippen LogP contribution in [0.1, 0.15) is 31.4 Å². The van der Waals surface area contributed by atoms with Gasteiger partial charge in [0.15, 0.2) is 0 Å². The molecule has 1 aliphatic heterocycles. The Morgan fingerprint density at radius 2 is 1.91 bits per heavy atom. The van der Waals surface area contributed by atoms with Crippen LogP contribution in [-0.4, -0.2) is 27.4 Å². The summed E-state index contributed by atoms with van der Waals surface area (Å²) in [7, 11) is 0. The van der Waals surface area contributed by atoms with Crippen molar-refractivity contribution in [3.8, 4) is 10.6 Å². The number of carbonyl (C=O) groups is 2. The molecule has 0 radical (unpaired) electrons. The molecule has 2 aromatic rings. The molecule has 2 heterocycles. The number of hydrogen-bond donors (Lipinski definition) is 1. The molecular weight excluding hydrogens is 310 g/mol. The lowest BCUT2D eigenvalue weighted by atomic mass is 9.98. The Bertz CT molecular complexity index is 750. The van der Waals surface area contributed by atoms with Gasteiger partial charge in [0, 0.05) is 10.9 Å². The third-order valence-electron chi connectivity index (χ3n) is 4.60. The molecule has 23 heavy (non-hydrogen) atoms. The van der Waals surface area contributed by atoms with Crippen LogP contribution in [0.25, 0.3) is 10.6 Å². The van der Waals surface area contributed by atoms with Gasteiger partial charge in [0.2, 0.25) is 0 Å². The fourth-order valence-electron chi connectivity index (χ4n) is 3.39. The molecule has 5 nitrogen and oxygen atoms in total. The van der Waals surface area contributed by atoms with Gasteiger partial charge in [-0.3, -0.25) is 9.69 Å². The van der Waals surface area contributed by atoms with Crippen molar-refractivity contribution in [3.05, 3.63) is 41.4 Å². The van der Waals surface area contributed by atoms with Crippen LogP contribution in [-0.2, 0) is 11.3 Å². The van der Waals surface area contributed by atoms with Gasteiger partial charge in [-0.05, 0) is 12.8 Å². The topological polar surface area (TPSA) is 62.3 Å². The number of amides is 3. The molecule has 0 atom stereocenters. The van der Waals surface area contributed by atoms with E-state index in [1.54, 1.807) is 0 Å². The van der Waals surface area contributed by atoms with Crippen molar-refractivity contribution in [1.29, 1.82) is 0 Å². The van der Waals surface area contributed by atoms with Crippen LogP contribution in [0, 0.1) is 0 Å². The first kappa shape index (κ1) is 14.4. The van der Waals surface area contributed by atoms with Gasteiger partial charge in [0.25, 0.3) is 5.91 Å². The zero-order valence-electron chi connectivity index (χ0n) is 12.6. The fourth-order valence-corrected chi connectivity index (χ4v) is 4.21. The number of carbonyl (C=O) groups excluding carboxylic acids is 2. The van der Waals surface area contributed by atoms with Gasteiger partial charge in [-0.25, -0.2) is 9.78 Å². The summed E-state index contributed by atoms with van der Waals surface area (Å²) in [5.41, 5.74) is 1.16. The smallest absolute Gasteiger partial charge is 0.323 e. The number of imide groups is 1. The van der Waals surface area contributed by atoms with Crippen LogP contribution < -0.4 is 5.32 Å². The second-order valence-corrected chi connectivity index (χ2v) is 6.98. The van der Waals surface area contributed by atoms with Crippen molar-refractivity contribution in [2.45, 2.75) is 37.8 Å². The molecule has 0 unspecified atom stereocenters. The second kappa shape index (κ2) is 5.45. The van der Waals surface area contributed by atoms with Crippen molar-refractivity contribution in [2.24, 2.45) is 0 Å². The standard InChI is InChI=1S/C17H17N3O2S/c21-15-17(8-4-5-9-17)19-16(22)20(15)10-13-11-23-14(18-13)12-6-2-1-3-7-12/h1-3,6-7,11H,4-5,8-10H2,(H,19,22). The summed E-state index contributed by atoms with van der Waals surface area (Å²) >= 11 is 1.53. The predicted molar refractivity (Wildman–Crippen MR) is 87.8 cm³/mol. The highest BCUT2D eigenvalue weighted by Crippen LogP contribution is 2.35. The highest BCUT2D eigenvalue weighted by atomic mass is 32.1. The van der Waals surface area contributed by atoms with E-state index in [-0.39, 0.29) is 18.5 Å². The van der Waals surface area contributed by atoms with E-state index in [4.69, 9.17) is 0 Å². The minimum absolute atomic E-state index is 0.0886. The molecule has 1 aliphatic carbocycles. The molecule has 2 fully saturated rings. The Morgan fingerprint density at radius 3 is 2.65 bits per heavy atom. The highest BCUT2D eigenvalue weighted by Gasteiger charge is 2.52. The van der Waals surface area contributed by atoms with E-state index in [1.807, 2.05) is 35.7 Å². The quantitative estimate of drug-likeness (QED) is 0.881. The van der Waals surface area contributed by atoms with Crippen molar-refractivity contribution < 1.29 is 9.59 Å². The van der Waals surface area contributed by atoms with E-state index in [1.165, 1.54) is 16.2 Å². The van der Waals surface area contributed by atoms with E-state index in [9.17, 15) is 9.59 Å². The SMILES string of the molecule is O=C1NC2(CCCC2)C(=O)N1Cc1csc(-c2ccccc2)n1. The Kier molecular flexibility index (Phi) is 3.41. The second-order valence-electron chi connectivity index (χ2n) is 6.12. The average Bonchev–Trinajstić information content (AvgIpc) is 3.27. The van der Waals surface area contributed by atoms with E-state index >= 15 is 0 Å². The zero-order valence-corrected chi connectivity index (χ0v) is 13.4. The number of rotatable bonds is 3. The molecule has 4 rings (SSSR count). The number of urea groups is 1. The van der Waals surface area contributed by atoms with Crippen molar-refractivity contribution in [2.75, 3.05) is 0 Å². The Morgan fingerprint density at radius 1 is 1.17 bits per heavy atom. The van der Waals surface area contributed by atoms with Gasteiger partial charge < -0.3 is 5.32 Å². The maximum Gasteiger partial charge on any atom is 0.325 e. The summed E-state index contributed by atoms with van der Waals surface area (Å²) in [5, 5.41) is 5.73. The maximum absolute atomic E-state index is 12.6. The van der Waals surface area contributed by atoms with E-state index in [0.29, 0.717) is 0 Å². The lowest BCUT2D eigenvalue weighted by molar-refractivity contribution is -0.131. The maximum atomic E-state index is 12.6. The van der Waals surface area contributed by atoms with Crippen LogP contribution >= 0.6 is 11.3 Å². The van der Waals surface area contributed by atoms with Gasteiger partial charge >= 0.3 is 6.03 Å². The van der Waals surface area contributed by atoms with E-state index in [2.05, 4.69) is 10.3 Å². The molecule has 0 bridgehead atoms. The molecule has 3 amide bonds. The van der Waals surface area contributed by atoms with Gasteiger partial charge in [-0.2, -0.15) is 0 Å². The molecule has 1 aromatic carbocycles. The monoisotopic (exact) mass is 327 g/mol. The zero-order chi connectivity index (χ0) is 15.9. The molecule has 1 saturated carbocycles. The molecule has 1 spiro atoms. The average molecular weight is 327 g/mol. The van der Waals surface area contributed by atoms with Crippen LogP contribution in [0.3, 0.4) is 0 Å². The lowest BCUT2D eigenvalue weighted by Crippen LogP contribution is -2.44. The Balaban J connectivity index is 1.54. The third kappa shape index (κ3) is 2.43. The van der Waals surface area contributed by atoms with Gasteiger partial charge in [-0.1, -0.05) is 43.2 Å². The molecule has 1 N–H and O–H groups in total. The summed E-state index contributed by atoms with van der Waals surface area (Å²) < 4.78 is 0. The highest BCUT2D eigenvalue weighted by molar-refractivity contribution is 7.13. The third-order valence-corrected chi connectivity index (χ3v) is 5.54. The molecular formula is C17H17N3O2S. The minimum atomic E-state index is -0.643. The van der Waals surface area contributed by atoms with Crippen LogP contribution in [0.2, 0.25) is 0 Å². The molecule has 118 valence electrons. The number of nitrogens with zero attached hydrogens (tertiary/aromatic N) is 2. The predicted octanol–water partition coefficient (Wildman–Crippen LogP) is 3.17. The van der Waals surface area contributed by atoms with Crippen molar-refractivity contribution >= 4 is 23.3 Å². The van der Waals surface area contributed by atoms with Crippen molar-refractivity contribution in [3.63, 3.8) is 0 Å². The summed E-state index contributed by atoms with van der Waals surface area (Å²) in [5.74, 6) is -0.0886. The first-order valence-electron chi connectivity index (χ1n) is 7.82. The van der Waals surface area contributed by atoms with Crippen molar-refractivity contribution in [1.82, 2.24) is 15.2 Å². The number of benzene rings is 1. The van der Waals surface area contributed by atoms with Crippen LogP contribution in [0.4, 0.5) is 4.79 Å². The fraction of sp³-hybridized carbons (Fsp3) is 0.353. The molecule has 1 saturated heterocycles. The Labute approximate surface area is 138 Å². The number of thiazole rings is 1. The van der Waals surface area contributed by atoms with Gasteiger partial charge in [-0.15, -0.1) is 11.3 Å². The van der Waals surface area contributed by atoms with E-state index in [0.717, 1.165) is 41.9 Å². The normalized spacial score (nSPS) is 19.6. The number of aromatic nitrogens is 1.